The van der Waals surface area contributed by atoms with Crippen LogP contribution >= 0.6 is 12.2 Å². The number of ether oxygens (including phenoxy) is 4. The van der Waals surface area contributed by atoms with Gasteiger partial charge in [-0.25, -0.2) is 5.10 Å². The zero-order chi connectivity index (χ0) is 20.1. The summed E-state index contributed by atoms with van der Waals surface area (Å²) in [7, 11) is 6.29. The number of aromatic nitrogens is 3. The first-order valence-corrected chi connectivity index (χ1v) is 8.69. The van der Waals surface area contributed by atoms with Crippen LogP contribution < -0.4 is 18.9 Å². The number of rotatable bonds is 7. The van der Waals surface area contributed by atoms with Crippen LogP contribution in [0.25, 0.3) is 11.4 Å². The zero-order valence-electron chi connectivity index (χ0n) is 15.9. The van der Waals surface area contributed by atoms with Gasteiger partial charge in [-0.2, -0.15) is 14.9 Å². The average Bonchev–Trinajstić information content (AvgIpc) is 3.11. The van der Waals surface area contributed by atoms with E-state index in [0.29, 0.717) is 33.4 Å². The fourth-order valence-electron chi connectivity index (χ4n) is 2.67. The number of nitrogens with zero attached hydrogens (tertiary/aromatic N) is 3. The maximum atomic E-state index is 5.48. The molecule has 0 radical (unpaired) electrons. The van der Waals surface area contributed by atoms with Crippen LogP contribution in [0.5, 0.6) is 23.0 Å². The first-order chi connectivity index (χ1) is 13.6. The highest BCUT2D eigenvalue weighted by Crippen LogP contribution is 2.39. The third-order valence-corrected chi connectivity index (χ3v) is 4.31. The molecule has 28 heavy (non-hydrogen) atoms. The van der Waals surface area contributed by atoms with Crippen molar-refractivity contribution in [2.45, 2.75) is 0 Å². The van der Waals surface area contributed by atoms with Gasteiger partial charge < -0.3 is 18.9 Å². The highest BCUT2D eigenvalue weighted by molar-refractivity contribution is 7.71. The first kappa shape index (κ1) is 19.4. The molecule has 0 saturated heterocycles. The fraction of sp³-hybridized carbons (Fsp3) is 0.211. The molecule has 1 N–H and O–H groups in total. The Kier molecular flexibility index (Phi) is 5.95. The number of methoxy groups -OCH3 is 4. The predicted octanol–water partition coefficient (Wildman–Crippen LogP) is 3.52. The van der Waals surface area contributed by atoms with Crippen molar-refractivity contribution < 1.29 is 18.9 Å². The quantitative estimate of drug-likeness (QED) is 0.483. The maximum Gasteiger partial charge on any atom is 0.216 e. The van der Waals surface area contributed by atoms with Gasteiger partial charge in [-0.15, -0.1) is 0 Å². The summed E-state index contributed by atoms with van der Waals surface area (Å²) in [5.41, 5.74) is 1.54. The van der Waals surface area contributed by atoms with E-state index in [1.54, 1.807) is 40.7 Å². The minimum atomic E-state index is 0.363. The summed E-state index contributed by atoms with van der Waals surface area (Å²) in [6.45, 7) is 0. The molecule has 0 aliphatic heterocycles. The monoisotopic (exact) mass is 400 g/mol. The lowest BCUT2D eigenvalue weighted by molar-refractivity contribution is 0.324. The first-order valence-electron chi connectivity index (χ1n) is 8.28. The average molecular weight is 400 g/mol. The molecule has 0 spiro atoms. The van der Waals surface area contributed by atoms with Crippen LogP contribution in [0, 0.1) is 4.77 Å². The van der Waals surface area contributed by atoms with Crippen molar-refractivity contribution >= 4 is 18.4 Å². The molecular formula is C19H20N4O4S. The van der Waals surface area contributed by atoms with Crippen LogP contribution in [0.2, 0.25) is 0 Å². The van der Waals surface area contributed by atoms with E-state index >= 15 is 0 Å². The predicted molar refractivity (Wildman–Crippen MR) is 108 cm³/mol. The van der Waals surface area contributed by atoms with Crippen LogP contribution in [0.3, 0.4) is 0 Å². The largest absolute Gasteiger partial charge is 0.497 e. The maximum absolute atomic E-state index is 5.48. The molecule has 0 atom stereocenters. The Bertz CT molecular complexity index is 1040. The van der Waals surface area contributed by atoms with Crippen molar-refractivity contribution in [1.82, 2.24) is 14.9 Å². The van der Waals surface area contributed by atoms with Gasteiger partial charge in [0.2, 0.25) is 10.5 Å². The summed E-state index contributed by atoms with van der Waals surface area (Å²) in [6.07, 6.45) is 1.62. The molecule has 3 aromatic rings. The molecule has 9 heteroatoms. The highest BCUT2D eigenvalue weighted by Gasteiger charge is 2.15. The zero-order valence-corrected chi connectivity index (χ0v) is 16.7. The molecule has 0 amide bonds. The molecule has 0 fully saturated rings. The molecule has 3 rings (SSSR count). The standard InChI is InChI=1S/C19H20N4O4S/c1-24-14-8-5-12(6-9-14)18-21-22-19(28)23(18)20-11-13-7-10-15(25-2)17(27-4)16(13)26-3/h5-11H,1-4H3,(H,22,28)/b20-11-. The van der Waals surface area contributed by atoms with Gasteiger partial charge in [0.05, 0.1) is 34.7 Å². The van der Waals surface area contributed by atoms with E-state index in [9.17, 15) is 0 Å². The Balaban J connectivity index is 2.02. The van der Waals surface area contributed by atoms with E-state index in [0.717, 1.165) is 11.3 Å². The molecule has 0 saturated carbocycles. The second-order valence-electron chi connectivity index (χ2n) is 5.56. The summed E-state index contributed by atoms with van der Waals surface area (Å²) in [6, 6.07) is 11.1. The van der Waals surface area contributed by atoms with E-state index in [1.165, 1.54) is 4.68 Å². The molecule has 2 aromatic carbocycles. The SMILES string of the molecule is COc1ccc(-c2n[nH]c(=S)n2/N=C\c2ccc(OC)c(OC)c2OC)cc1. The summed E-state index contributed by atoms with van der Waals surface area (Å²) in [5, 5.41) is 11.5. The van der Waals surface area contributed by atoms with Gasteiger partial charge in [-0.3, -0.25) is 0 Å². The summed E-state index contributed by atoms with van der Waals surface area (Å²) >= 11 is 5.32. The molecule has 0 unspecified atom stereocenters. The van der Waals surface area contributed by atoms with Crippen molar-refractivity contribution in [2.24, 2.45) is 5.10 Å². The number of nitrogens with one attached hydrogen (secondary N) is 1. The lowest BCUT2D eigenvalue weighted by atomic mass is 10.2. The second-order valence-corrected chi connectivity index (χ2v) is 5.95. The smallest absolute Gasteiger partial charge is 0.216 e. The van der Waals surface area contributed by atoms with Crippen LogP contribution in [0.4, 0.5) is 0 Å². The molecular weight excluding hydrogens is 380 g/mol. The Morgan fingerprint density at radius 3 is 2.25 bits per heavy atom. The number of hydrogen-bond donors (Lipinski definition) is 1. The molecule has 8 nitrogen and oxygen atoms in total. The van der Waals surface area contributed by atoms with Crippen LogP contribution in [-0.4, -0.2) is 49.5 Å². The number of benzene rings is 2. The molecule has 146 valence electrons. The van der Waals surface area contributed by atoms with Gasteiger partial charge >= 0.3 is 0 Å². The number of aromatic amines is 1. The molecule has 0 aliphatic rings. The molecule has 0 bridgehead atoms. The van der Waals surface area contributed by atoms with Gasteiger partial charge in [0, 0.05) is 11.1 Å². The molecule has 1 aromatic heterocycles. The van der Waals surface area contributed by atoms with Crippen molar-refractivity contribution in [3.63, 3.8) is 0 Å². The Morgan fingerprint density at radius 1 is 0.929 bits per heavy atom. The van der Waals surface area contributed by atoms with E-state index in [4.69, 9.17) is 31.2 Å². The van der Waals surface area contributed by atoms with Crippen LogP contribution in [0.1, 0.15) is 5.56 Å². The topological polar surface area (TPSA) is 82.9 Å². The van der Waals surface area contributed by atoms with Crippen molar-refractivity contribution in [1.29, 1.82) is 0 Å². The van der Waals surface area contributed by atoms with Gasteiger partial charge in [0.15, 0.2) is 17.3 Å². The summed E-state index contributed by atoms with van der Waals surface area (Å²) in [5.74, 6) is 2.88. The lowest BCUT2D eigenvalue weighted by Gasteiger charge is -2.13. The molecule has 0 aliphatic carbocycles. The van der Waals surface area contributed by atoms with Crippen molar-refractivity contribution in [3.8, 4) is 34.4 Å². The highest BCUT2D eigenvalue weighted by atomic mass is 32.1. The van der Waals surface area contributed by atoms with E-state index in [-0.39, 0.29) is 0 Å². The number of H-pyrrole nitrogens is 1. The van der Waals surface area contributed by atoms with E-state index in [1.807, 2.05) is 30.3 Å². The van der Waals surface area contributed by atoms with Gasteiger partial charge in [-0.05, 0) is 48.6 Å². The minimum absolute atomic E-state index is 0.363. The van der Waals surface area contributed by atoms with Gasteiger partial charge in [-0.1, -0.05) is 0 Å². The van der Waals surface area contributed by atoms with E-state index < -0.39 is 0 Å². The number of hydrogen-bond acceptors (Lipinski definition) is 7. The van der Waals surface area contributed by atoms with Crippen LogP contribution in [-0.2, 0) is 0 Å². The third kappa shape index (κ3) is 3.70. The summed E-state index contributed by atoms with van der Waals surface area (Å²) in [4.78, 5) is 0. The van der Waals surface area contributed by atoms with Gasteiger partial charge in [0.1, 0.15) is 5.75 Å². The lowest BCUT2D eigenvalue weighted by Crippen LogP contribution is -2.00. The van der Waals surface area contributed by atoms with Crippen molar-refractivity contribution in [3.05, 3.63) is 46.7 Å². The Labute approximate surface area is 167 Å². The van der Waals surface area contributed by atoms with Gasteiger partial charge in [0.25, 0.3) is 0 Å². The normalized spacial score (nSPS) is 10.9. The fourth-order valence-corrected chi connectivity index (χ4v) is 2.85. The minimum Gasteiger partial charge on any atom is -0.497 e. The summed E-state index contributed by atoms with van der Waals surface area (Å²) < 4.78 is 23.3. The Hall–Kier alpha value is -3.33. The Morgan fingerprint density at radius 2 is 1.64 bits per heavy atom. The van der Waals surface area contributed by atoms with Crippen molar-refractivity contribution in [2.75, 3.05) is 28.4 Å². The van der Waals surface area contributed by atoms with Crippen LogP contribution in [0.15, 0.2) is 41.5 Å². The molecule has 1 heterocycles. The van der Waals surface area contributed by atoms with E-state index in [2.05, 4.69) is 15.3 Å². The third-order valence-electron chi connectivity index (χ3n) is 4.05. The second kappa shape index (κ2) is 8.57.